The van der Waals surface area contributed by atoms with Crippen LogP contribution < -0.4 is 5.32 Å². The maximum absolute atomic E-state index is 10.7. The average Bonchev–Trinajstić information content (AvgIpc) is 2.99. The van der Waals surface area contributed by atoms with Gasteiger partial charge in [-0.25, -0.2) is 4.79 Å². The van der Waals surface area contributed by atoms with Gasteiger partial charge in [0, 0.05) is 6.04 Å². The normalized spacial score (nSPS) is 25.7. The molecule has 3 nitrogen and oxygen atoms in total. The summed E-state index contributed by atoms with van der Waals surface area (Å²) in [4.78, 5) is 10.7. The Bertz CT molecular complexity index is 207. The van der Waals surface area contributed by atoms with Gasteiger partial charge < -0.3 is 10.4 Å². The first-order valence-electron chi connectivity index (χ1n) is 5.77. The zero-order chi connectivity index (χ0) is 9.97. The first-order chi connectivity index (χ1) is 6.77. The number of nitrogens with one attached hydrogen (secondary N) is 1. The Balaban J connectivity index is 1.90. The van der Waals surface area contributed by atoms with Gasteiger partial charge in [0.15, 0.2) is 0 Å². The molecule has 14 heavy (non-hydrogen) atoms. The van der Waals surface area contributed by atoms with Crippen LogP contribution >= 0.6 is 0 Å². The van der Waals surface area contributed by atoms with E-state index in [2.05, 4.69) is 5.32 Å². The van der Waals surface area contributed by atoms with Crippen molar-refractivity contribution in [1.82, 2.24) is 5.32 Å². The predicted octanol–water partition coefficient (Wildman–Crippen LogP) is 2.61. The van der Waals surface area contributed by atoms with Crippen molar-refractivity contribution >= 4 is 6.09 Å². The summed E-state index contributed by atoms with van der Waals surface area (Å²) >= 11 is 0. The summed E-state index contributed by atoms with van der Waals surface area (Å²) in [5.74, 6) is 1.27. The SMILES string of the molecule is O=C(O)NC(C1CCCCC1)C1CC1. The molecule has 0 aromatic carbocycles. The highest BCUT2D eigenvalue weighted by atomic mass is 16.4. The molecular weight excluding hydrogens is 178 g/mol. The molecule has 0 aliphatic heterocycles. The lowest BCUT2D eigenvalue weighted by Gasteiger charge is -2.30. The fourth-order valence-electron chi connectivity index (χ4n) is 2.71. The van der Waals surface area contributed by atoms with Crippen LogP contribution in [0.3, 0.4) is 0 Å². The molecular formula is C11H19NO2. The lowest BCUT2D eigenvalue weighted by Crippen LogP contribution is -2.41. The molecule has 3 heteroatoms. The molecule has 1 atom stereocenters. The van der Waals surface area contributed by atoms with Gasteiger partial charge in [0.25, 0.3) is 0 Å². The van der Waals surface area contributed by atoms with Crippen LogP contribution in [0.1, 0.15) is 44.9 Å². The highest BCUT2D eigenvalue weighted by Crippen LogP contribution is 2.40. The van der Waals surface area contributed by atoms with Crippen LogP contribution in [-0.2, 0) is 0 Å². The van der Waals surface area contributed by atoms with Crippen molar-refractivity contribution in [2.24, 2.45) is 11.8 Å². The second-order valence-electron chi connectivity index (χ2n) is 4.71. The van der Waals surface area contributed by atoms with E-state index in [-0.39, 0.29) is 6.04 Å². The first-order valence-corrected chi connectivity index (χ1v) is 5.77. The molecule has 0 heterocycles. The van der Waals surface area contributed by atoms with E-state index in [9.17, 15) is 4.79 Å². The summed E-state index contributed by atoms with van der Waals surface area (Å²) in [6.07, 6.45) is 7.96. The Morgan fingerprint density at radius 1 is 1.07 bits per heavy atom. The number of rotatable bonds is 3. The minimum Gasteiger partial charge on any atom is -0.465 e. The van der Waals surface area contributed by atoms with Gasteiger partial charge in [0.05, 0.1) is 0 Å². The Kier molecular flexibility index (Phi) is 2.94. The third-order valence-electron chi connectivity index (χ3n) is 3.58. The van der Waals surface area contributed by atoms with E-state index >= 15 is 0 Å². The van der Waals surface area contributed by atoms with Crippen molar-refractivity contribution in [3.63, 3.8) is 0 Å². The maximum Gasteiger partial charge on any atom is 0.404 e. The number of amides is 1. The highest BCUT2D eigenvalue weighted by Gasteiger charge is 2.37. The quantitative estimate of drug-likeness (QED) is 0.730. The van der Waals surface area contributed by atoms with Crippen molar-refractivity contribution in [2.45, 2.75) is 51.0 Å². The molecule has 0 aromatic heterocycles. The fraction of sp³-hybridized carbons (Fsp3) is 0.909. The molecule has 2 aliphatic rings. The summed E-state index contributed by atoms with van der Waals surface area (Å²) in [5.41, 5.74) is 0. The molecule has 1 unspecified atom stereocenters. The Morgan fingerprint density at radius 2 is 1.64 bits per heavy atom. The monoisotopic (exact) mass is 197 g/mol. The van der Waals surface area contributed by atoms with E-state index in [1.165, 1.54) is 44.9 Å². The molecule has 2 saturated carbocycles. The maximum atomic E-state index is 10.7. The molecule has 0 bridgehead atoms. The number of carboxylic acid groups (broad SMARTS) is 1. The lowest BCUT2D eigenvalue weighted by molar-refractivity contribution is 0.173. The minimum absolute atomic E-state index is 0.257. The van der Waals surface area contributed by atoms with Gasteiger partial charge in [0.1, 0.15) is 0 Å². The van der Waals surface area contributed by atoms with Crippen LogP contribution in [0, 0.1) is 11.8 Å². The fourth-order valence-corrected chi connectivity index (χ4v) is 2.71. The second kappa shape index (κ2) is 4.20. The zero-order valence-electron chi connectivity index (χ0n) is 8.54. The van der Waals surface area contributed by atoms with E-state index in [4.69, 9.17) is 5.11 Å². The third-order valence-corrected chi connectivity index (χ3v) is 3.58. The van der Waals surface area contributed by atoms with Gasteiger partial charge in [0.2, 0.25) is 0 Å². The van der Waals surface area contributed by atoms with Gasteiger partial charge in [-0.15, -0.1) is 0 Å². The Hall–Kier alpha value is -0.730. The van der Waals surface area contributed by atoms with E-state index in [0.29, 0.717) is 11.8 Å². The second-order valence-corrected chi connectivity index (χ2v) is 4.71. The predicted molar refractivity (Wildman–Crippen MR) is 54.2 cm³/mol. The molecule has 0 saturated heterocycles. The molecule has 0 radical (unpaired) electrons. The van der Waals surface area contributed by atoms with Gasteiger partial charge in [-0.2, -0.15) is 0 Å². The van der Waals surface area contributed by atoms with Crippen LogP contribution in [0.2, 0.25) is 0 Å². The van der Waals surface area contributed by atoms with Crippen LogP contribution in [0.4, 0.5) is 4.79 Å². The minimum atomic E-state index is -0.840. The zero-order valence-corrected chi connectivity index (χ0v) is 8.54. The molecule has 0 spiro atoms. The van der Waals surface area contributed by atoms with E-state index in [0.717, 1.165) is 0 Å². The van der Waals surface area contributed by atoms with Crippen molar-refractivity contribution in [2.75, 3.05) is 0 Å². The van der Waals surface area contributed by atoms with Gasteiger partial charge in [-0.1, -0.05) is 19.3 Å². The Labute approximate surface area is 84.9 Å². The molecule has 80 valence electrons. The third kappa shape index (κ3) is 2.40. The van der Waals surface area contributed by atoms with Crippen LogP contribution in [0.5, 0.6) is 0 Å². The van der Waals surface area contributed by atoms with E-state index in [1.807, 2.05) is 0 Å². The molecule has 2 aliphatic carbocycles. The molecule has 2 rings (SSSR count). The topological polar surface area (TPSA) is 49.3 Å². The van der Waals surface area contributed by atoms with Crippen LogP contribution in [0.15, 0.2) is 0 Å². The van der Waals surface area contributed by atoms with Crippen molar-refractivity contribution in [3.8, 4) is 0 Å². The summed E-state index contributed by atoms with van der Waals surface area (Å²) in [5, 5.41) is 11.5. The smallest absolute Gasteiger partial charge is 0.404 e. The summed E-state index contributed by atoms with van der Waals surface area (Å²) in [6.45, 7) is 0. The van der Waals surface area contributed by atoms with Gasteiger partial charge in [-0.05, 0) is 37.5 Å². The summed E-state index contributed by atoms with van der Waals surface area (Å²) in [7, 11) is 0. The van der Waals surface area contributed by atoms with E-state index < -0.39 is 6.09 Å². The largest absolute Gasteiger partial charge is 0.465 e. The van der Waals surface area contributed by atoms with Crippen molar-refractivity contribution in [3.05, 3.63) is 0 Å². The summed E-state index contributed by atoms with van der Waals surface area (Å²) in [6, 6.07) is 0.257. The molecule has 0 aromatic rings. The standard InChI is InChI=1S/C11H19NO2/c13-11(14)12-10(9-6-7-9)8-4-2-1-3-5-8/h8-10,12H,1-7H2,(H,13,14). The average molecular weight is 197 g/mol. The molecule has 2 fully saturated rings. The number of hydrogen-bond acceptors (Lipinski definition) is 1. The lowest BCUT2D eigenvalue weighted by atomic mass is 9.82. The molecule has 1 amide bonds. The number of hydrogen-bond donors (Lipinski definition) is 2. The Morgan fingerprint density at radius 3 is 2.14 bits per heavy atom. The van der Waals surface area contributed by atoms with Crippen LogP contribution in [-0.4, -0.2) is 17.2 Å². The van der Waals surface area contributed by atoms with E-state index in [1.54, 1.807) is 0 Å². The van der Waals surface area contributed by atoms with Crippen molar-refractivity contribution in [1.29, 1.82) is 0 Å². The number of carbonyl (C=O) groups is 1. The van der Waals surface area contributed by atoms with Crippen molar-refractivity contribution < 1.29 is 9.90 Å². The summed E-state index contributed by atoms with van der Waals surface area (Å²) < 4.78 is 0. The molecule has 2 N–H and O–H groups in total. The van der Waals surface area contributed by atoms with Crippen LogP contribution in [0.25, 0.3) is 0 Å². The first kappa shape index (κ1) is 9.81. The highest BCUT2D eigenvalue weighted by molar-refractivity contribution is 5.65. The van der Waals surface area contributed by atoms with Gasteiger partial charge >= 0.3 is 6.09 Å². The van der Waals surface area contributed by atoms with Gasteiger partial charge in [-0.3, -0.25) is 0 Å².